The zero-order chi connectivity index (χ0) is 17.1. The van der Waals surface area contributed by atoms with Crippen LogP contribution in [0.2, 0.25) is 0 Å². The molecule has 0 aromatic heterocycles. The Kier molecular flexibility index (Phi) is 5.14. The van der Waals surface area contributed by atoms with Crippen molar-refractivity contribution in [2.24, 2.45) is 0 Å². The molecule has 5 nitrogen and oxygen atoms in total. The third-order valence-electron chi connectivity index (χ3n) is 4.58. The number of hydrogen-bond acceptors (Lipinski definition) is 3. The van der Waals surface area contributed by atoms with E-state index in [-0.39, 0.29) is 29.7 Å². The molecule has 1 aromatic rings. The molecule has 2 aliphatic rings. The molecular formula is C18H24FN3O2. The zero-order valence-corrected chi connectivity index (χ0v) is 13.9. The summed E-state index contributed by atoms with van der Waals surface area (Å²) < 4.78 is 13.3. The van der Waals surface area contributed by atoms with Crippen molar-refractivity contribution in [2.45, 2.75) is 50.7 Å². The number of rotatable bonds is 5. The summed E-state index contributed by atoms with van der Waals surface area (Å²) in [7, 11) is 0. The summed E-state index contributed by atoms with van der Waals surface area (Å²) in [4.78, 5) is 26.2. The maximum atomic E-state index is 13.3. The fourth-order valence-electron chi connectivity index (χ4n) is 3.33. The first-order chi connectivity index (χ1) is 11.5. The van der Waals surface area contributed by atoms with Gasteiger partial charge in [-0.15, -0.1) is 0 Å². The lowest BCUT2D eigenvalue weighted by Crippen LogP contribution is -2.51. The number of hydrogen-bond donors (Lipinski definition) is 2. The standard InChI is InChI=1S/C18H24FN3O2/c1-12(23)20-16-3-2-10-22(11-16)17(18(24)21-15-8-9-15)13-4-6-14(19)7-5-13/h4-7,15-17H,2-3,8-11H2,1H3,(H,20,23)(H,21,24). The van der Waals surface area contributed by atoms with Crippen LogP contribution in [-0.2, 0) is 9.59 Å². The summed E-state index contributed by atoms with van der Waals surface area (Å²) in [6.07, 6.45) is 3.88. The van der Waals surface area contributed by atoms with Crippen LogP contribution in [0.1, 0.15) is 44.2 Å². The number of carbonyl (C=O) groups is 2. The predicted octanol–water partition coefficient (Wildman–Crippen LogP) is 1.75. The number of nitrogens with one attached hydrogen (secondary N) is 2. The Balaban J connectivity index is 1.78. The Bertz CT molecular complexity index is 601. The summed E-state index contributed by atoms with van der Waals surface area (Å²) in [6, 6.07) is 6.01. The van der Waals surface area contributed by atoms with E-state index < -0.39 is 6.04 Å². The number of piperidine rings is 1. The lowest BCUT2D eigenvalue weighted by Gasteiger charge is -2.38. The van der Waals surface area contributed by atoms with Gasteiger partial charge in [-0.3, -0.25) is 14.5 Å². The summed E-state index contributed by atoms with van der Waals surface area (Å²) in [6.45, 7) is 2.92. The highest BCUT2D eigenvalue weighted by Gasteiger charge is 2.34. The van der Waals surface area contributed by atoms with E-state index in [1.54, 1.807) is 12.1 Å². The van der Waals surface area contributed by atoms with Gasteiger partial charge in [-0.25, -0.2) is 4.39 Å². The van der Waals surface area contributed by atoms with E-state index in [1.807, 2.05) is 0 Å². The van der Waals surface area contributed by atoms with Crippen LogP contribution in [0, 0.1) is 5.82 Å². The summed E-state index contributed by atoms with van der Waals surface area (Å²) in [5.74, 6) is -0.398. The highest BCUT2D eigenvalue weighted by atomic mass is 19.1. The lowest BCUT2D eigenvalue weighted by molar-refractivity contribution is -0.127. The minimum absolute atomic E-state index is 0.0346. The van der Waals surface area contributed by atoms with Crippen LogP contribution in [-0.4, -0.2) is 41.9 Å². The van der Waals surface area contributed by atoms with Crippen molar-refractivity contribution < 1.29 is 14.0 Å². The minimum atomic E-state index is -0.442. The van der Waals surface area contributed by atoms with Gasteiger partial charge in [0.25, 0.3) is 0 Å². The number of likely N-dealkylation sites (tertiary alicyclic amines) is 1. The Morgan fingerprint density at radius 1 is 1.12 bits per heavy atom. The second kappa shape index (κ2) is 7.30. The first kappa shape index (κ1) is 16.9. The van der Waals surface area contributed by atoms with Gasteiger partial charge in [0.2, 0.25) is 11.8 Å². The molecule has 2 amide bonds. The fourth-order valence-corrected chi connectivity index (χ4v) is 3.33. The molecule has 1 saturated carbocycles. The van der Waals surface area contributed by atoms with Gasteiger partial charge in [0.1, 0.15) is 11.9 Å². The molecule has 0 spiro atoms. The van der Waals surface area contributed by atoms with Crippen LogP contribution in [0.25, 0.3) is 0 Å². The largest absolute Gasteiger partial charge is 0.352 e. The smallest absolute Gasteiger partial charge is 0.242 e. The van der Waals surface area contributed by atoms with Gasteiger partial charge >= 0.3 is 0 Å². The molecule has 1 aromatic carbocycles. The first-order valence-electron chi connectivity index (χ1n) is 8.60. The molecule has 2 fully saturated rings. The van der Waals surface area contributed by atoms with Gasteiger partial charge in [0, 0.05) is 25.6 Å². The molecule has 3 rings (SSSR count). The molecule has 2 unspecified atom stereocenters. The highest BCUT2D eigenvalue weighted by Crippen LogP contribution is 2.27. The van der Waals surface area contributed by atoms with Crippen molar-refractivity contribution in [2.75, 3.05) is 13.1 Å². The van der Waals surface area contributed by atoms with Crippen LogP contribution in [0.3, 0.4) is 0 Å². The Morgan fingerprint density at radius 3 is 2.46 bits per heavy atom. The Labute approximate surface area is 141 Å². The van der Waals surface area contributed by atoms with Gasteiger partial charge in [0.15, 0.2) is 0 Å². The number of halogens is 1. The molecule has 1 aliphatic carbocycles. The molecule has 2 atom stereocenters. The molecule has 130 valence electrons. The molecule has 24 heavy (non-hydrogen) atoms. The van der Waals surface area contributed by atoms with Crippen LogP contribution >= 0.6 is 0 Å². The number of carbonyl (C=O) groups excluding carboxylic acids is 2. The predicted molar refractivity (Wildman–Crippen MR) is 88.7 cm³/mol. The third-order valence-corrected chi connectivity index (χ3v) is 4.58. The highest BCUT2D eigenvalue weighted by molar-refractivity contribution is 5.83. The van der Waals surface area contributed by atoms with Gasteiger partial charge in [0.05, 0.1) is 0 Å². The van der Waals surface area contributed by atoms with Gasteiger partial charge in [-0.2, -0.15) is 0 Å². The third kappa shape index (κ3) is 4.32. The van der Waals surface area contributed by atoms with Crippen LogP contribution in [0.5, 0.6) is 0 Å². The second-order valence-corrected chi connectivity index (χ2v) is 6.77. The Hall–Kier alpha value is -1.95. The molecular weight excluding hydrogens is 309 g/mol. The molecule has 1 saturated heterocycles. The fraction of sp³-hybridized carbons (Fsp3) is 0.556. The van der Waals surface area contributed by atoms with E-state index >= 15 is 0 Å². The van der Waals surface area contributed by atoms with Crippen LogP contribution in [0.4, 0.5) is 4.39 Å². The second-order valence-electron chi connectivity index (χ2n) is 6.77. The maximum Gasteiger partial charge on any atom is 0.242 e. The molecule has 0 bridgehead atoms. The Morgan fingerprint density at radius 2 is 1.83 bits per heavy atom. The molecule has 1 heterocycles. The average Bonchev–Trinajstić information content (AvgIpc) is 3.33. The summed E-state index contributed by atoms with van der Waals surface area (Å²) in [5.41, 5.74) is 0.790. The topological polar surface area (TPSA) is 61.4 Å². The van der Waals surface area contributed by atoms with Crippen molar-refractivity contribution in [3.05, 3.63) is 35.6 Å². The maximum absolute atomic E-state index is 13.3. The van der Waals surface area contributed by atoms with Gasteiger partial charge in [-0.05, 0) is 49.9 Å². The van der Waals surface area contributed by atoms with Gasteiger partial charge < -0.3 is 10.6 Å². The minimum Gasteiger partial charge on any atom is -0.352 e. The van der Waals surface area contributed by atoms with E-state index in [9.17, 15) is 14.0 Å². The first-order valence-corrected chi connectivity index (χ1v) is 8.60. The quantitative estimate of drug-likeness (QED) is 0.863. The monoisotopic (exact) mass is 333 g/mol. The summed E-state index contributed by atoms with van der Waals surface area (Å²) >= 11 is 0. The van der Waals surface area contributed by atoms with Crippen molar-refractivity contribution in [1.29, 1.82) is 0 Å². The average molecular weight is 333 g/mol. The van der Waals surface area contributed by atoms with Crippen LogP contribution < -0.4 is 10.6 Å². The van der Waals surface area contributed by atoms with E-state index in [0.29, 0.717) is 6.54 Å². The van der Waals surface area contributed by atoms with Crippen molar-refractivity contribution in [1.82, 2.24) is 15.5 Å². The number of amides is 2. The lowest BCUT2D eigenvalue weighted by atomic mass is 9.98. The number of benzene rings is 1. The van der Waals surface area contributed by atoms with E-state index in [2.05, 4.69) is 15.5 Å². The zero-order valence-electron chi connectivity index (χ0n) is 13.9. The molecule has 2 N–H and O–H groups in total. The summed E-state index contributed by atoms with van der Waals surface area (Å²) in [5, 5.41) is 6.01. The SMILES string of the molecule is CC(=O)NC1CCCN(C(C(=O)NC2CC2)c2ccc(F)cc2)C1. The van der Waals surface area contributed by atoms with Gasteiger partial charge in [-0.1, -0.05) is 12.1 Å². The normalized spacial score (nSPS) is 22.7. The molecule has 6 heteroatoms. The van der Waals surface area contributed by atoms with E-state index in [0.717, 1.165) is 37.8 Å². The van der Waals surface area contributed by atoms with Crippen molar-refractivity contribution >= 4 is 11.8 Å². The van der Waals surface area contributed by atoms with Crippen molar-refractivity contribution in [3.63, 3.8) is 0 Å². The van der Waals surface area contributed by atoms with E-state index in [4.69, 9.17) is 0 Å². The molecule has 0 radical (unpaired) electrons. The number of nitrogens with zero attached hydrogens (tertiary/aromatic N) is 1. The van der Waals surface area contributed by atoms with E-state index in [1.165, 1.54) is 19.1 Å². The van der Waals surface area contributed by atoms with Crippen LogP contribution in [0.15, 0.2) is 24.3 Å². The molecule has 1 aliphatic heterocycles. The van der Waals surface area contributed by atoms with Crippen molar-refractivity contribution in [3.8, 4) is 0 Å².